The Balaban J connectivity index is 3.06. The van der Waals surface area contributed by atoms with E-state index in [-0.39, 0.29) is 11.6 Å². The molecular formula is C10H11ClN2O6S. The van der Waals surface area contributed by atoms with E-state index in [2.05, 4.69) is 0 Å². The quantitative estimate of drug-likeness (QED) is 0.599. The van der Waals surface area contributed by atoms with Crippen LogP contribution in [0.4, 0.5) is 5.69 Å². The highest BCUT2D eigenvalue weighted by atomic mass is 35.5. The fourth-order valence-corrected chi connectivity index (χ4v) is 2.86. The van der Waals surface area contributed by atoms with E-state index in [0.29, 0.717) is 0 Å². The molecule has 2 N–H and O–H groups in total. The Labute approximate surface area is 119 Å². The summed E-state index contributed by atoms with van der Waals surface area (Å²) in [5.41, 5.74) is -0.430. The van der Waals surface area contributed by atoms with E-state index in [0.717, 1.165) is 18.2 Å². The standard InChI is InChI=1S/C10H11ClN2O6S/c1-6(10(14)15)5-12-20(18,19)9-4-7(13(16)17)2-3-8(9)11/h2-4,6,12H,5H2,1H3,(H,14,15). The first-order valence-corrected chi connectivity index (χ1v) is 7.17. The first kappa shape index (κ1) is 16.3. The van der Waals surface area contributed by atoms with Crippen molar-refractivity contribution in [3.63, 3.8) is 0 Å². The first-order chi connectivity index (χ1) is 9.15. The molecule has 0 aliphatic carbocycles. The molecule has 10 heteroatoms. The SMILES string of the molecule is CC(CNS(=O)(=O)c1cc([N+](=O)[O-])ccc1Cl)C(=O)O. The van der Waals surface area contributed by atoms with Gasteiger partial charge in [0.1, 0.15) is 4.90 Å². The van der Waals surface area contributed by atoms with Gasteiger partial charge in [-0.3, -0.25) is 14.9 Å². The maximum absolute atomic E-state index is 11.9. The predicted molar refractivity (Wildman–Crippen MR) is 70.1 cm³/mol. The zero-order valence-electron chi connectivity index (χ0n) is 10.2. The summed E-state index contributed by atoms with van der Waals surface area (Å²) in [7, 11) is -4.13. The number of nitrogens with zero attached hydrogens (tertiary/aromatic N) is 1. The molecular weight excluding hydrogens is 312 g/mol. The number of hydrogen-bond acceptors (Lipinski definition) is 5. The average molecular weight is 323 g/mol. The van der Waals surface area contributed by atoms with Gasteiger partial charge in [0.2, 0.25) is 10.0 Å². The van der Waals surface area contributed by atoms with E-state index in [4.69, 9.17) is 16.7 Å². The number of hydrogen-bond donors (Lipinski definition) is 2. The summed E-state index contributed by atoms with van der Waals surface area (Å²) in [5.74, 6) is -2.11. The van der Waals surface area contributed by atoms with Crippen molar-refractivity contribution in [1.29, 1.82) is 0 Å². The second-order valence-corrected chi connectivity index (χ2v) is 6.11. The minimum atomic E-state index is -4.13. The molecule has 1 aromatic carbocycles. The molecule has 8 nitrogen and oxygen atoms in total. The van der Waals surface area contributed by atoms with Gasteiger partial charge in [0, 0.05) is 18.7 Å². The van der Waals surface area contributed by atoms with Crippen LogP contribution in [0.5, 0.6) is 0 Å². The lowest BCUT2D eigenvalue weighted by Gasteiger charge is -2.10. The minimum absolute atomic E-state index is 0.189. The molecule has 0 aliphatic rings. The third-order valence-corrected chi connectivity index (χ3v) is 4.32. The van der Waals surface area contributed by atoms with Crippen LogP contribution < -0.4 is 4.72 Å². The second kappa shape index (κ2) is 6.16. The van der Waals surface area contributed by atoms with Crippen LogP contribution >= 0.6 is 11.6 Å². The van der Waals surface area contributed by atoms with Crippen molar-refractivity contribution < 1.29 is 23.2 Å². The number of nitro groups is 1. The molecule has 0 saturated carbocycles. The number of benzene rings is 1. The smallest absolute Gasteiger partial charge is 0.307 e. The van der Waals surface area contributed by atoms with E-state index in [1.54, 1.807) is 0 Å². The summed E-state index contributed by atoms with van der Waals surface area (Å²) in [5, 5.41) is 19.1. The van der Waals surface area contributed by atoms with Crippen LogP contribution in [0.3, 0.4) is 0 Å². The molecule has 0 aliphatic heterocycles. The maximum atomic E-state index is 11.9. The van der Waals surface area contributed by atoms with Crippen molar-refractivity contribution >= 4 is 33.3 Å². The fourth-order valence-electron chi connectivity index (χ4n) is 1.21. The first-order valence-electron chi connectivity index (χ1n) is 5.31. The molecule has 1 unspecified atom stereocenters. The Morgan fingerprint density at radius 3 is 2.65 bits per heavy atom. The highest BCUT2D eigenvalue weighted by molar-refractivity contribution is 7.89. The van der Waals surface area contributed by atoms with Gasteiger partial charge < -0.3 is 5.11 Å². The molecule has 0 aromatic heterocycles. The van der Waals surface area contributed by atoms with Crippen LogP contribution in [-0.2, 0) is 14.8 Å². The van der Waals surface area contributed by atoms with E-state index in [1.807, 2.05) is 4.72 Å². The van der Waals surface area contributed by atoms with Crippen molar-refractivity contribution in [1.82, 2.24) is 4.72 Å². The third-order valence-electron chi connectivity index (χ3n) is 2.42. The third kappa shape index (κ3) is 3.89. The highest BCUT2D eigenvalue weighted by Crippen LogP contribution is 2.25. The Kier molecular flexibility index (Phi) is 5.03. The number of rotatable bonds is 6. The number of carbonyl (C=O) groups is 1. The summed E-state index contributed by atoms with van der Waals surface area (Å²) in [4.78, 5) is 20.0. The van der Waals surface area contributed by atoms with E-state index in [1.165, 1.54) is 6.92 Å². The molecule has 0 heterocycles. The Hall–Kier alpha value is -1.71. The average Bonchev–Trinajstić information content (AvgIpc) is 2.35. The fraction of sp³-hybridized carbons (Fsp3) is 0.300. The molecule has 0 fully saturated rings. The summed E-state index contributed by atoms with van der Waals surface area (Å²) in [6.45, 7) is 0.969. The summed E-state index contributed by atoms with van der Waals surface area (Å²) in [6.07, 6.45) is 0. The van der Waals surface area contributed by atoms with Gasteiger partial charge in [0.15, 0.2) is 0 Å². The lowest BCUT2D eigenvalue weighted by atomic mass is 10.2. The van der Waals surface area contributed by atoms with Crippen LogP contribution in [-0.4, -0.2) is 31.0 Å². The number of non-ortho nitro benzene ring substituents is 1. The summed E-state index contributed by atoms with van der Waals surface area (Å²) in [6, 6.07) is 2.98. The lowest BCUT2D eigenvalue weighted by molar-refractivity contribution is -0.385. The van der Waals surface area contributed by atoms with Crippen LogP contribution in [0.1, 0.15) is 6.92 Å². The van der Waals surface area contributed by atoms with Gasteiger partial charge in [-0.15, -0.1) is 0 Å². The van der Waals surface area contributed by atoms with Crippen molar-refractivity contribution in [2.24, 2.45) is 5.92 Å². The van der Waals surface area contributed by atoms with Gasteiger partial charge in [0.05, 0.1) is 15.9 Å². The van der Waals surface area contributed by atoms with Crippen molar-refractivity contribution in [2.45, 2.75) is 11.8 Å². The number of nitro benzene ring substituents is 1. The molecule has 0 bridgehead atoms. The van der Waals surface area contributed by atoms with Gasteiger partial charge >= 0.3 is 5.97 Å². The molecule has 110 valence electrons. The minimum Gasteiger partial charge on any atom is -0.481 e. The Morgan fingerprint density at radius 1 is 1.55 bits per heavy atom. The molecule has 20 heavy (non-hydrogen) atoms. The maximum Gasteiger partial charge on any atom is 0.307 e. The zero-order chi connectivity index (χ0) is 15.5. The Morgan fingerprint density at radius 2 is 2.15 bits per heavy atom. The molecule has 0 spiro atoms. The summed E-state index contributed by atoms with van der Waals surface area (Å²) >= 11 is 5.71. The van der Waals surface area contributed by atoms with Gasteiger partial charge in [-0.25, -0.2) is 13.1 Å². The van der Waals surface area contributed by atoms with Crippen LogP contribution in [0.15, 0.2) is 23.1 Å². The highest BCUT2D eigenvalue weighted by Gasteiger charge is 2.23. The topological polar surface area (TPSA) is 127 Å². The molecule has 1 atom stereocenters. The van der Waals surface area contributed by atoms with E-state index >= 15 is 0 Å². The molecule has 0 amide bonds. The number of carboxylic acid groups (broad SMARTS) is 1. The normalized spacial score (nSPS) is 12.9. The van der Waals surface area contributed by atoms with Crippen molar-refractivity contribution in [2.75, 3.05) is 6.54 Å². The van der Waals surface area contributed by atoms with Gasteiger partial charge in [0.25, 0.3) is 5.69 Å². The number of aliphatic carboxylic acids is 1. The van der Waals surface area contributed by atoms with E-state index in [9.17, 15) is 23.3 Å². The predicted octanol–water partition coefficient (Wildman–Crippen LogP) is 1.25. The van der Waals surface area contributed by atoms with Crippen LogP contribution in [0.2, 0.25) is 5.02 Å². The molecule has 0 saturated heterocycles. The molecule has 1 rings (SSSR count). The van der Waals surface area contributed by atoms with Crippen LogP contribution in [0.25, 0.3) is 0 Å². The number of sulfonamides is 1. The number of carboxylic acids is 1. The number of nitrogens with one attached hydrogen (secondary N) is 1. The summed E-state index contributed by atoms with van der Waals surface area (Å²) < 4.78 is 25.9. The Bertz CT molecular complexity index is 645. The van der Waals surface area contributed by atoms with Gasteiger partial charge in [-0.2, -0.15) is 0 Å². The second-order valence-electron chi connectivity index (χ2n) is 3.96. The van der Waals surface area contributed by atoms with Crippen LogP contribution in [0, 0.1) is 16.0 Å². The number of halogens is 1. The van der Waals surface area contributed by atoms with E-state index < -0.39 is 37.4 Å². The van der Waals surface area contributed by atoms with Crippen molar-refractivity contribution in [3.05, 3.63) is 33.3 Å². The lowest BCUT2D eigenvalue weighted by Crippen LogP contribution is -2.31. The molecule has 0 radical (unpaired) electrons. The van der Waals surface area contributed by atoms with Crippen molar-refractivity contribution in [3.8, 4) is 0 Å². The molecule has 1 aromatic rings. The zero-order valence-corrected chi connectivity index (χ0v) is 11.8. The van der Waals surface area contributed by atoms with Gasteiger partial charge in [-0.05, 0) is 6.07 Å². The van der Waals surface area contributed by atoms with Gasteiger partial charge in [-0.1, -0.05) is 18.5 Å². The monoisotopic (exact) mass is 322 g/mol. The largest absolute Gasteiger partial charge is 0.481 e.